The number of allylic oxidation sites excluding steroid dienone is 1. The van der Waals surface area contributed by atoms with Crippen LogP contribution in [0.1, 0.15) is 93.4 Å². The van der Waals surface area contributed by atoms with Crippen molar-refractivity contribution in [2.24, 2.45) is 17.3 Å². The Morgan fingerprint density at radius 3 is 2.20 bits per heavy atom. The summed E-state index contributed by atoms with van der Waals surface area (Å²) in [4.78, 5) is 51.3. The molecule has 41 heavy (non-hydrogen) atoms. The van der Waals surface area contributed by atoms with E-state index in [0.717, 1.165) is 5.57 Å². The lowest BCUT2D eigenvalue weighted by Crippen LogP contribution is -2.66. The van der Waals surface area contributed by atoms with Crippen molar-refractivity contribution in [2.75, 3.05) is 0 Å². The molecular weight excluding hydrogens is 532 g/mol. The molecule has 10 heteroatoms. The van der Waals surface area contributed by atoms with E-state index in [4.69, 9.17) is 18.9 Å². The van der Waals surface area contributed by atoms with Gasteiger partial charge in [0.05, 0.1) is 17.4 Å². The summed E-state index contributed by atoms with van der Waals surface area (Å²) in [6, 6.07) is 0. The Morgan fingerprint density at radius 1 is 1.00 bits per heavy atom. The molecule has 1 aliphatic heterocycles. The standard InChI is InChI=1S/C31H46O10/c1-8-11-24(33)39-21-14-13-17(4)15-22-31(37,19(6)29(36)40-22)27(35)26-18(5)16-20(38-23(32)10-3)28(30(21,26)7)41-25(34)12-9-2/h15-16,19-22,26-28,35,37H,8-14H2,1-7H3/b17-15-/t19-,20+,21+,22-,26+,27+,28-,30+,31-/m0/s1. The molecule has 10 nitrogen and oxygen atoms in total. The lowest BCUT2D eigenvalue weighted by Gasteiger charge is -2.55. The fourth-order valence-corrected chi connectivity index (χ4v) is 6.61. The average molecular weight is 579 g/mol. The van der Waals surface area contributed by atoms with Gasteiger partial charge in [0.15, 0.2) is 18.3 Å². The fourth-order valence-electron chi connectivity index (χ4n) is 6.61. The quantitative estimate of drug-likeness (QED) is 0.248. The van der Waals surface area contributed by atoms with Crippen LogP contribution in [0, 0.1) is 17.3 Å². The topological polar surface area (TPSA) is 146 Å². The van der Waals surface area contributed by atoms with Crippen molar-refractivity contribution in [1.29, 1.82) is 0 Å². The number of rotatable bonds is 8. The molecule has 0 aromatic carbocycles. The zero-order chi connectivity index (χ0) is 30.7. The summed E-state index contributed by atoms with van der Waals surface area (Å²) in [6.45, 7) is 12.1. The molecule has 2 aliphatic carbocycles. The van der Waals surface area contributed by atoms with E-state index in [9.17, 15) is 29.4 Å². The molecule has 0 saturated carbocycles. The average Bonchev–Trinajstić information content (AvgIpc) is 3.12. The van der Waals surface area contributed by atoms with Gasteiger partial charge in [-0.05, 0) is 58.6 Å². The first kappa shape index (κ1) is 32.8. The van der Waals surface area contributed by atoms with Crippen molar-refractivity contribution in [3.8, 4) is 0 Å². The van der Waals surface area contributed by atoms with Crippen LogP contribution in [0.2, 0.25) is 0 Å². The Kier molecular flexibility index (Phi) is 10.5. The molecule has 3 aliphatic rings. The van der Waals surface area contributed by atoms with Gasteiger partial charge in [-0.25, -0.2) is 0 Å². The number of esters is 4. The largest absolute Gasteiger partial charge is 0.462 e. The Hall–Kier alpha value is -2.72. The lowest BCUT2D eigenvalue weighted by atomic mass is 9.55. The molecule has 0 radical (unpaired) electrons. The Balaban J connectivity index is 2.31. The number of ether oxygens (including phenoxy) is 4. The molecular formula is C31H46O10. The summed E-state index contributed by atoms with van der Waals surface area (Å²) >= 11 is 0. The van der Waals surface area contributed by atoms with E-state index < -0.39 is 77.2 Å². The molecule has 1 heterocycles. The highest BCUT2D eigenvalue weighted by Gasteiger charge is 2.66. The molecule has 0 unspecified atom stereocenters. The van der Waals surface area contributed by atoms with Crippen molar-refractivity contribution in [1.82, 2.24) is 0 Å². The summed E-state index contributed by atoms with van der Waals surface area (Å²) < 4.78 is 23.5. The predicted octanol–water partition coefficient (Wildman–Crippen LogP) is 3.71. The van der Waals surface area contributed by atoms with Gasteiger partial charge >= 0.3 is 23.9 Å². The third-order valence-electron chi connectivity index (χ3n) is 8.96. The Labute approximate surface area is 242 Å². The first-order valence-corrected chi connectivity index (χ1v) is 14.8. The molecule has 0 aromatic heterocycles. The monoisotopic (exact) mass is 578 g/mol. The molecule has 0 spiro atoms. The van der Waals surface area contributed by atoms with Crippen LogP contribution in [0.4, 0.5) is 0 Å². The van der Waals surface area contributed by atoms with Crippen molar-refractivity contribution in [3.05, 3.63) is 23.3 Å². The zero-order valence-electron chi connectivity index (χ0n) is 25.3. The van der Waals surface area contributed by atoms with Crippen molar-refractivity contribution in [2.45, 2.75) is 130 Å². The molecule has 0 bridgehead atoms. The molecule has 3 rings (SSSR count). The van der Waals surface area contributed by atoms with Gasteiger partial charge in [-0.1, -0.05) is 38.8 Å². The molecule has 1 saturated heterocycles. The number of hydrogen-bond acceptors (Lipinski definition) is 10. The number of carbonyl (C=O) groups is 4. The van der Waals surface area contributed by atoms with Crippen LogP contribution in [-0.2, 0) is 38.1 Å². The van der Waals surface area contributed by atoms with Crippen LogP contribution < -0.4 is 0 Å². The zero-order valence-corrected chi connectivity index (χ0v) is 25.3. The Morgan fingerprint density at radius 2 is 1.61 bits per heavy atom. The smallest absolute Gasteiger partial charge is 0.312 e. The summed E-state index contributed by atoms with van der Waals surface area (Å²) in [6.07, 6.45) is -0.489. The summed E-state index contributed by atoms with van der Waals surface area (Å²) in [5.74, 6) is -4.21. The number of carbonyl (C=O) groups excluding carboxylic acids is 4. The SMILES string of the molecule is CCCC(=O)O[C@@H]1CC/C(C)=C\[C@@H]2OC(=O)[C@H](C)[C@@]2(O)[C@H](O)[C@H]2C(C)=C[C@@H](OC(=O)CC)[C@H](OC(=O)CCC)[C@@]21C. The molecule has 0 aromatic rings. The molecule has 1 fully saturated rings. The van der Waals surface area contributed by atoms with Crippen LogP contribution in [0.3, 0.4) is 0 Å². The minimum atomic E-state index is -2.04. The molecule has 2 N–H and O–H groups in total. The predicted molar refractivity (Wildman–Crippen MR) is 148 cm³/mol. The summed E-state index contributed by atoms with van der Waals surface area (Å²) in [5.41, 5.74) is -2.13. The molecule has 0 amide bonds. The van der Waals surface area contributed by atoms with Crippen LogP contribution in [0.25, 0.3) is 0 Å². The van der Waals surface area contributed by atoms with E-state index >= 15 is 0 Å². The highest BCUT2D eigenvalue weighted by Crippen LogP contribution is 2.54. The van der Waals surface area contributed by atoms with Gasteiger partial charge in [0.25, 0.3) is 0 Å². The van der Waals surface area contributed by atoms with E-state index in [-0.39, 0.29) is 25.7 Å². The van der Waals surface area contributed by atoms with Crippen LogP contribution in [0.5, 0.6) is 0 Å². The van der Waals surface area contributed by atoms with Crippen molar-refractivity contribution in [3.63, 3.8) is 0 Å². The van der Waals surface area contributed by atoms with E-state index in [1.807, 2.05) is 20.8 Å². The lowest BCUT2D eigenvalue weighted by molar-refractivity contribution is -0.222. The van der Waals surface area contributed by atoms with Gasteiger partial charge in [-0.15, -0.1) is 0 Å². The van der Waals surface area contributed by atoms with Gasteiger partial charge in [-0.3, -0.25) is 19.2 Å². The summed E-state index contributed by atoms with van der Waals surface area (Å²) in [5, 5.41) is 24.3. The van der Waals surface area contributed by atoms with Crippen LogP contribution in [-0.4, -0.2) is 70.2 Å². The number of aliphatic hydroxyl groups excluding tert-OH is 1. The maximum atomic E-state index is 13.0. The second kappa shape index (κ2) is 13.1. The van der Waals surface area contributed by atoms with E-state index in [0.29, 0.717) is 24.8 Å². The molecule has 230 valence electrons. The van der Waals surface area contributed by atoms with Crippen molar-refractivity contribution < 1.29 is 48.3 Å². The third-order valence-corrected chi connectivity index (χ3v) is 8.96. The minimum absolute atomic E-state index is 0.0824. The Bertz CT molecular complexity index is 1080. The van der Waals surface area contributed by atoms with E-state index in [2.05, 4.69) is 0 Å². The van der Waals surface area contributed by atoms with Crippen LogP contribution >= 0.6 is 0 Å². The maximum absolute atomic E-state index is 13.0. The second-order valence-electron chi connectivity index (χ2n) is 11.9. The maximum Gasteiger partial charge on any atom is 0.312 e. The third kappa shape index (κ3) is 6.23. The van der Waals surface area contributed by atoms with E-state index in [1.165, 1.54) is 6.92 Å². The number of hydrogen-bond donors (Lipinski definition) is 2. The normalized spacial score (nSPS) is 38.3. The van der Waals surface area contributed by atoms with Gasteiger partial charge in [0.2, 0.25) is 0 Å². The van der Waals surface area contributed by atoms with Crippen molar-refractivity contribution >= 4 is 23.9 Å². The number of fused-ring (bicyclic) bond motifs is 2. The molecule has 9 atom stereocenters. The highest BCUT2D eigenvalue weighted by atomic mass is 16.6. The highest BCUT2D eigenvalue weighted by molar-refractivity contribution is 5.77. The van der Waals surface area contributed by atoms with Gasteiger partial charge < -0.3 is 29.2 Å². The van der Waals surface area contributed by atoms with Gasteiger partial charge in [0, 0.05) is 25.2 Å². The van der Waals surface area contributed by atoms with Gasteiger partial charge in [0.1, 0.15) is 11.7 Å². The minimum Gasteiger partial charge on any atom is -0.462 e. The van der Waals surface area contributed by atoms with Gasteiger partial charge in [-0.2, -0.15) is 0 Å². The number of aliphatic hydroxyl groups is 2. The van der Waals surface area contributed by atoms with E-state index in [1.54, 1.807) is 32.9 Å². The van der Waals surface area contributed by atoms with Crippen LogP contribution in [0.15, 0.2) is 23.3 Å². The fraction of sp³-hybridized carbons (Fsp3) is 0.742. The first-order chi connectivity index (χ1) is 19.2. The second-order valence-corrected chi connectivity index (χ2v) is 11.9. The first-order valence-electron chi connectivity index (χ1n) is 14.8. The summed E-state index contributed by atoms with van der Waals surface area (Å²) in [7, 11) is 0.